The van der Waals surface area contributed by atoms with Crippen LogP contribution in [0.3, 0.4) is 0 Å². The molecule has 1 atom stereocenters. The standard InChI is InChI=1S/C19H17ClFN3O.C16H30N2O5/c1-12-23-11-14(10-22-2)24(12)18-8-7-13(20)9-16(18)19(25)15-5-3-4-6-17(15)21;1-15(2,3)22-13(20)17-10-8-7-9-12(11-19)18-14(21)23-16(4,5)6/h3-9,11,22H,10H2,1-2H3;11-12H,7-10H2,1-6H3,(H,17,20)(H,18,21). The van der Waals surface area contributed by atoms with Crippen molar-refractivity contribution in [2.45, 2.75) is 91.5 Å². The first-order chi connectivity index (χ1) is 22.5. The number of aromatic nitrogens is 2. The first-order valence-corrected chi connectivity index (χ1v) is 16.0. The maximum Gasteiger partial charge on any atom is 0.408 e. The van der Waals surface area contributed by atoms with Gasteiger partial charge in [0.1, 0.15) is 29.1 Å². The van der Waals surface area contributed by atoms with Crippen molar-refractivity contribution in [3.63, 3.8) is 0 Å². The number of ether oxygens (including phenoxy) is 2. The monoisotopic (exact) mass is 687 g/mol. The predicted molar refractivity (Wildman–Crippen MR) is 183 cm³/mol. The van der Waals surface area contributed by atoms with E-state index in [4.69, 9.17) is 21.1 Å². The molecule has 0 aliphatic carbocycles. The van der Waals surface area contributed by atoms with E-state index in [1.165, 1.54) is 12.1 Å². The highest BCUT2D eigenvalue weighted by Crippen LogP contribution is 2.26. The highest BCUT2D eigenvalue weighted by Gasteiger charge is 2.22. The van der Waals surface area contributed by atoms with Crippen LogP contribution >= 0.6 is 11.6 Å². The van der Waals surface area contributed by atoms with E-state index in [0.717, 1.165) is 11.5 Å². The van der Waals surface area contributed by atoms with Crippen molar-refractivity contribution < 1.29 is 33.0 Å². The van der Waals surface area contributed by atoms with Crippen molar-refractivity contribution in [2.24, 2.45) is 0 Å². The first-order valence-electron chi connectivity index (χ1n) is 15.6. The summed E-state index contributed by atoms with van der Waals surface area (Å²) in [5.41, 5.74) is 0.733. The molecule has 3 aromatic rings. The smallest absolute Gasteiger partial charge is 0.408 e. The largest absolute Gasteiger partial charge is 0.444 e. The summed E-state index contributed by atoms with van der Waals surface area (Å²) in [7, 11) is 1.83. The molecule has 3 rings (SSSR count). The third-order valence-corrected chi connectivity index (χ3v) is 6.64. The summed E-state index contributed by atoms with van der Waals surface area (Å²) in [5, 5.41) is 8.64. The van der Waals surface area contributed by atoms with Crippen LogP contribution in [0, 0.1) is 12.7 Å². The Morgan fingerprint density at radius 3 is 2.23 bits per heavy atom. The minimum Gasteiger partial charge on any atom is -0.444 e. The molecule has 0 aliphatic rings. The number of alkyl carbamates (subject to hydrolysis) is 2. The van der Waals surface area contributed by atoms with Crippen LogP contribution in [0.25, 0.3) is 5.69 Å². The Hall–Kier alpha value is -4.29. The lowest BCUT2D eigenvalue weighted by Crippen LogP contribution is -2.40. The van der Waals surface area contributed by atoms with Crippen LogP contribution in [0.15, 0.2) is 48.7 Å². The second kappa shape index (κ2) is 18.3. The Bertz CT molecular complexity index is 1550. The molecule has 11 nitrogen and oxygen atoms in total. The number of carbonyl (C=O) groups is 4. The summed E-state index contributed by atoms with van der Waals surface area (Å²) in [6.45, 7) is 13.5. The van der Waals surface area contributed by atoms with Gasteiger partial charge < -0.3 is 30.2 Å². The number of hydrogen-bond acceptors (Lipinski definition) is 8. The van der Waals surface area contributed by atoms with Crippen molar-refractivity contribution in [2.75, 3.05) is 13.6 Å². The number of ketones is 1. The first kappa shape index (κ1) is 39.9. The SMILES string of the molecule is CC(C)(C)OC(=O)NCCCCC(C=O)NC(=O)OC(C)(C)C.CNCc1cnc(C)n1-c1ccc(Cl)cc1C(=O)c1ccccc1F. The third kappa shape index (κ3) is 13.4. The average molecular weight is 688 g/mol. The number of aldehydes is 1. The van der Waals surface area contributed by atoms with Crippen molar-refractivity contribution in [1.82, 2.24) is 25.5 Å². The van der Waals surface area contributed by atoms with Crippen LogP contribution in [0.5, 0.6) is 0 Å². The van der Waals surface area contributed by atoms with E-state index in [1.807, 2.05) is 18.5 Å². The molecule has 0 radical (unpaired) electrons. The minimum atomic E-state index is -0.610. The van der Waals surface area contributed by atoms with Gasteiger partial charge in [-0.15, -0.1) is 0 Å². The average Bonchev–Trinajstić information content (AvgIpc) is 3.34. The molecule has 2 amide bonds. The molecule has 3 N–H and O–H groups in total. The fraction of sp³-hybridized carbons (Fsp3) is 0.457. The molecule has 48 heavy (non-hydrogen) atoms. The number of halogens is 2. The maximum atomic E-state index is 14.1. The zero-order valence-electron chi connectivity index (χ0n) is 28.9. The fourth-order valence-electron chi connectivity index (χ4n) is 4.43. The number of carbonyl (C=O) groups excluding carboxylic acids is 4. The van der Waals surface area contributed by atoms with Crippen molar-refractivity contribution in [3.8, 4) is 5.69 Å². The topological polar surface area (TPSA) is 141 Å². The summed E-state index contributed by atoms with van der Waals surface area (Å²) in [6.07, 6.45) is 3.20. The number of amides is 2. The molecule has 13 heteroatoms. The van der Waals surface area contributed by atoms with Crippen LogP contribution < -0.4 is 16.0 Å². The van der Waals surface area contributed by atoms with Gasteiger partial charge in [-0.3, -0.25) is 9.36 Å². The Kier molecular flexibility index (Phi) is 15.2. The number of rotatable bonds is 12. The van der Waals surface area contributed by atoms with Gasteiger partial charge in [0.15, 0.2) is 5.78 Å². The van der Waals surface area contributed by atoms with Crippen molar-refractivity contribution >= 4 is 35.9 Å². The van der Waals surface area contributed by atoms with Gasteiger partial charge in [0.05, 0.1) is 29.2 Å². The number of imidazole rings is 1. The van der Waals surface area contributed by atoms with Gasteiger partial charge in [0.2, 0.25) is 0 Å². The van der Waals surface area contributed by atoms with Gasteiger partial charge in [-0.25, -0.2) is 19.0 Å². The van der Waals surface area contributed by atoms with Gasteiger partial charge >= 0.3 is 12.2 Å². The molecule has 262 valence electrons. The minimum absolute atomic E-state index is 0.0129. The Morgan fingerprint density at radius 2 is 1.62 bits per heavy atom. The third-order valence-electron chi connectivity index (χ3n) is 6.41. The van der Waals surface area contributed by atoms with Crippen molar-refractivity contribution in [3.05, 3.63) is 82.1 Å². The molecule has 0 saturated carbocycles. The Labute approximate surface area is 286 Å². The van der Waals surface area contributed by atoms with Crippen LogP contribution in [0.4, 0.5) is 14.0 Å². The van der Waals surface area contributed by atoms with E-state index in [1.54, 1.807) is 78.1 Å². The lowest BCUT2D eigenvalue weighted by atomic mass is 10.0. The van der Waals surface area contributed by atoms with Crippen LogP contribution in [0.1, 0.15) is 88.2 Å². The number of benzene rings is 2. The summed E-state index contributed by atoms with van der Waals surface area (Å²) in [4.78, 5) is 51.3. The highest BCUT2D eigenvalue weighted by atomic mass is 35.5. The van der Waals surface area contributed by atoms with E-state index in [0.29, 0.717) is 54.9 Å². The lowest BCUT2D eigenvalue weighted by Gasteiger charge is -2.21. The lowest BCUT2D eigenvalue weighted by molar-refractivity contribution is -0.109. The zero-order chi connectivity index (χ0) is 36.1. The van der Waals surface area contributed by atoms with E-state index < -0.39 is 41.0 Å². The summed E-state index contributed by atoms with van der Waals surface area (Å²) >= 11 is 6.11. The molecule has 0 fully saturated rings. The predicted octanol–water partition coefficient (Wildman–Crippen LogP) is 6.70. The molecular formula is C35H47ClFN5O6. The second-order valence-corrected chi connectivity index (χ2v) is 13.4. The zero-order valence-corrected chi connectivity index (χ0v) is 29.7. The molecule has 1 unspecified atom stereocenters. The molecule has 1 heterocycles. The van der Waals surface area contributed by atoms with Gasteiger partial charge in [0.25, 0.3) is 0 Å². The maximum absolute atomic E-state index is 14.1. The Balaban J connectivity index is 0.000000335. The number of unbranched alkanes of at least 4 members (excludes halogenated alkanes) is 1. The molecule has 0 spiro atoms. The van der Waals surface area contributed by atoms with Gasteiger partial charge in [-0.2, -0.15) is 0 Å². The summed E-state index contributed by atoms with van der Waals surface area (Å²) in [5.74, 6) is -0.245. The van der Waals surface area contributed by atoms with Gasteiger partial charge in [-0.05, 0) is 105 Å². The number of hydrogen-bond donors (Lipinski definition) is 3. The van der Waals surface area contributed by atoms with E-state index in [2.05, 4.69) is 20.9 Å². The van der Waals surface area contributed by atoms with E-state index in [9.17, 15) is 23.6 Å². The normalized spacial score (nSPS) is 11.9. The molecule has 0 saturated heterocycles. The summed E-state index contributed by atoms with van der Waals surface area (Å²) in [6, 6.07) is 10.4. The van der Waals surface area contributed by atoms with Crippen LogP contribution in [0.2, 0.25) is 5.02 Å². The Morgan fingerprint density at radius 1 is 0.979 bits per heavy atom. The van der Waals surface area contributed by atoms with Gasteiger partial charge in [0, 0.05) is 23.7 Å². The molecular weight excluding hydrogens is 641 g/mol. The quantitative estimate of drug-likeness (QED) is 0.109. The molecule has 1 aromatic heterocycles. The number of aryl methyl sites for hydroxylation is 1. The molecule has 0 aliphatic heterocycles. The summed E-state index contributed by atoms with van der Waals surface area (Å²) < 4.78 is 26.2. The number of nitrogens with one attached hydrogen (secondary N) is 3. The molecule has 2 aromatic carbocycles. The van der Waals surface area contributed by atoms with E-state index >= 15 is 0 Å². The molecule has 0 bridgehead atoms. The van der Waals surface area contributed by atoms with Crippen LogP contribution in [-0.4, -0.2) is 64.6 Å². The number of nitrogens with zero attached hydrogens (tertiary/aromatic N) is 2. The van der Waals surface area contributed by atoms with Gasteiger partial charge in [-0.1, -0.05) is 23.7 Å². The van der Waals surface area contributed by atoms with Crippen LogP contribution in [-0.2, 0) is 20.8 Å². The van der Waals surface area contributed by atoms with Crippen molar-refractivity contribution in [1.29, 1.82) is 0 Å². The fourth-order valence-corrected chi connectivity index (χ4v) is 4.60. The second-order valence-electron chi connectivity index (χ2n) is 12.9. The van der Waals surface area contributed by atoms with E-state index in [-0.39, 0.29) is 5.56 Å². The highest BCUT2D eigenvalue weighted by molar-refractivity contribution is 6.31.